The Bertz CT molecular complexity index is 846. The molecule has 2 heterocycles. The van der Waals surface area contributed by atoms with Crippen LogP contribution in [0.15, 0.2) is 55.1 Å². The Morgan fingerprint density at radius 3 is 2.83 bits per heavy atom. The van der Waals surface area contributed by atoms with Gasteiger partial charge in [0.25, 0.3) is 5.91 Å². The Labute approximate surface area is 137 Å². The van der Waals surface area contributed by atoms with Crippen molar-refractivity contribution in [2.45, 2.75) is 6.54 Å². The molecule has 0 aliphatic carbocycles. The molecule has 24 heavy (non-hydrogen) atoms. The monoisotopic (exact) mass is 326 g/mol. The highest BCUT2D eigenvalue weighted by atomic mass is 19.1. The summed E-state index contributed by atoms with van der Waals surface area (Å²) < 4.78 is 19.7. The van der Waals surface area contributed by atoms with Crippen LogP contribution in [-0.2, 0) is 6.54 Å². The molecule has 122 valence electrons. The first-order chi connectivity index (χ1) is 11.7. The van der Waals surface area contributed by atoms with E-state index in [1.165, 1.54) is 31.8 Å². The normalized spacial score (nSPS) is 10.4. The van der Waals surface area contributed by atoms with Gasteiger partial charge in [-0.05, 0) is 35.9 Å². The molecule has 0 atom stereocenters. The van der Waals surface area contributed by atoms with E-state index in [1.54, 1.807) is 35.0 Å². The van der Waals surface area contributed by atoms with E-state index in [0.717, 1.165) is 5.56 Å². The molecule has 0 fully saturated rings. The zero-order chi connectivity index (χ0) is 16.9. The maximum Gasteiger partial charge on any atom is 0.270 e. The van der Waals surface area contributed by atoms with Gasteiger partial charge in [0.15, 0.2) is 0 Å². The molecule has 0 radical (unpaired) electrons. The van der Waals surface area contributed by atoms with E-state index in [1.807, 2.05) is 0 Å². The summed E-state index contributed by atoms with van der Waals surface area (Å²) in [6, 6.07) is 9.38. The first kappa shape index (κ1) is 15.7. The van der Waals surface area contributed by atoms with Gasteiger partial charge in [-0.3, -0.25) is 9.36 Å². The van der Waals surface area contributed by atoms with Gasteiger partial charge in [0.2, 0.25) is 5.88 Å². The standard InChI is InChI=1S/C17H15FN4O2/c1-24-16-8-12(6-7-20-16)9-21-17(23)15-10-19-11-22(15)14-4-2-13(18)3-5-14/h2-8,10-11H,9H2,1H3,(H,21,23). The fourth-order valence-electron chi connectivity index (χ4n) is 2.22. The molecule has 0 saturated carbocycles. The van der Waals surface area contributed by atoms with Gasteiger partial charge in [-0.25, -0.2) is 14.4 Å². The molecule has 1 aromatic carbocycles. The minimum atomic E-state index is -0.337. The van der Waals surface area contributed by atoms with Crippen molar-refractivity contribution in [3.8, 4) is 11.6 Å². The summed E-state index contributed by atoms with van der Waals surface area (Å²) in [5.41, 5.74) is 1.88. The number of imidazole rings is 1. The molecular weight excluding hydrogens is 311 g/mol. The Kier molecular flexibility index (Phi) is 4.51. The number of hydrogen-bond acceptors (Lipinski definition) is 4. The lowest BCUT2D eigenvalue weighted by atomic mass is 10.2. The maximum atomic E-state index is 13.0. The number of rotatable bonds is 5. The lowest BCUT2D eigenvalue weighted by Gasteiger charge is -2.09. The number of carbonyl (C=O) groups excluding carboxylic acids is 1. The third-order valence-electron chi connectivity index (χ3n) is 3.44. The number of hydrogen-bond donors (Lipinski definition) is 1. The van der Waals surface area contributed by atoms with E-state index in [-0.39, 0.29) is 11.7 Å². The fourth-order valence-corrected chi connectivity index (χ4v) is 2.22. The van der Waals surface area contributed by atoms with Gasteiger partial charge in [-0.1, -0.05) is 0 Å². The molecule has 1 amide bonds. The molecule has 3 aromatic rings. The molecule has 7 heteroatoms. The second-order valence-corrected chi connectivity index (χ2v) is 5.01. The van der Waals surface area contributed by atoms with E-state index in [4.69, 9.17) is 4.74 Å². The van der Waals surface area contributed by atoms with Crippen LogP contribution >= 0.6 is 0 Å². The second-order valence-electron chi connectivity index (χ2n) is 5.01. The zero-order valence-electron chi connectivity index (χ0n) is 12.9. The summed E-state index contributed by atoms with van der Waals surface area (Å²) >= 11 is 0. The van der Waals surface area contributed by atoms with Crippen LogP contribution in [0.2, 0.25) is 0 Å². The van der Waals surface area contributed by atoms with E-state index in [2.05, 4.69) is 15.3 Å². The fraction of sp³-hybridized carbons (Fsp3) is 0.118. The molecule has 6 nitrogen and oxygen atoms in total. The molecule has 3 rings (SSSR count). The number of aromatic nitrogens is 3. The number of halogens is 1. The van der Waals surface area contributed by atoms with E-state index in [0.29, 0.717) is 23.8 Å². The van der Waals surface area contributed by atoms with E-state index < -0.39 is 0 Å². The van der Waals surface area contributed by atoms with Crippen LogP contribution in [0.25, 0.3) is 5.69 Å². The number of nitrogens with zero attached hydrogens (tertiary/aromatic N) is 3. The molecular formula is C17H15FN4O2. The van der Waals surface area contributed by atoms with Crippen LogP contribution in [0.3, 0.4) is 0 Å². The van der Waals surface area contributed by atoms with E-state index >= 15 is 0 Å². The first-order valence-corrected chi connectivity index (χ1v) is 7.23. The molecule has 0 unspecified atom stereocenters. The highest BCUT2D eigenvalue weighted by Gasteiger charge is 2.13. The van der Waals surface area contributed by atoms with Gasteiger partial charge in [-0.15, -0.1) is 0 Å². The van der Waals surface area contributed by atoms with Crippen molar-refractivity contribution in [1.29, 1.82) is 0 Å². The minimum absolute atomic E-state index is 0.285. The predicted octanol–water partition coefficient (Wildman–Crippen LogP) is 2.35. The van der Waals surface area contributed by atoms with Crippen molar-refractivity contribution >= 4 is 5.91 Å². The smallest absolute Gasteiger partial charge is 0.270 e. The zero-order valence-corrected chi connectivity index (χ0v) is 12.9. The highest BCUT2D eigenvalue weighted by Crippen LogP contribution is 2.13. The quantitative estimate of drug-likeness (QED) is 0.781. The second kappa shape index (κ2) is 6.91. The predicted molar refractivity (Wildman–Crippen MR) is 85.5 cm³/mol. The topological polar surface area (TPSA) is 69.0 Å². The van der Waals surface area contributed by atoms with Crippen molar-refractivity contribution < 1.29 is 13.9 Å². The van der Waals surface area contributed by atoms with Crippen molar-refractivity contribution in [3.05, 3.63) is 72.2 Å². The Morgan fingerprint density at radius 2 is 2.08 bits per heavy atom. The average Bonchev–Trinajstić information content (AvgIpc) is 3.10. The molecule has 0 saturated heterocycles. The third kappa shape index (κ3) is 3.40. The molecule has 0 aliphatic rings. The Hall–Kier alpha value is -3.22. The number of nitrogens with one attached hydrogen (secondary N) is 1. The summed E-state index contributed by atoms with van der Waals surface area (Å²) in [4.78, 5) is 20.4. The summed E-state index contributed by atoms with van der Waals surface area (Å²) in [6.07, 6.45) is 4.59. The SMILES string of the molecule is COc1cc(CNC(=O)c2cncn2-c2ccc(F)cc2)ccn1. The summed E-state index contributed by atoms with van der Waals surface area (Å²) in [5, 5.41) is 2.82. The third-order valence-corrected chi connectivity index (χ3v) is 3.44. The van der Waals surface area contributed by atoms with Gasteiger partial charge < -0.3 is 10.1 Å². The van der Waals surface area contributed by atoms with Crippen LogP contribution in [0.4, 0.5) is 4.39 Å². The summed E-state index contributed by atoms with van der Waals surface area (Å²) in [5.74, 6) is -0.137. The number of pyridine rings is 1. The molecule has 1 N–H and O–H groups in total. The number of carbonyl (C=O) groups is 1. The Balaban J connectivity index is 1.74. The van der Waals surface area contributed by atoms with Gasteiger partial charge in [0, 0.05) is 24.5 Å². The van der Waals surface area contributed by atoms with Gasteiger partial charge in [0.05, 0.1) is 19.6 Å². The molecule has 2 aromatic heterocycles. The van der Waals surface area contributed by atoms with Crippen molar-refractivity contribution in [2.75, 3.05) is 7.11 Å². The van der Waals surface area contributed by atoms with Crippen LogP contribution < -0.4 is 10.1 Å². The number of benzene rings is 1. The number of methoxy groups -OCH3 is 1. The van der Waals surface area contributed by atoms with E-state index in [9.17, 15) is 9.18 Å². The summed E-state index contributed by atoms with van der Waals surface area (Å²) in [6.45, 7) is 0.326. The van der Waals surface area contributed by atoms with Crippen molar-refractivity contribution in [2.24, 2.45) is 0 Å². The molecule has 0 aliphatic heterocycles. The van der Waals surface area contributed by atoms with Crippen LogP contribution in [0.1, 0.15) is 16.1 Å². The average molecular weight is 326 g/mol. The molecule has 0 bridgehead atoms. The lowest BCUT2D eigenvalue weighted by molar-refractivity contribution is 0.0944. The first-order valence-electron chi connectivity index (χ1n) is 7.23. The maximum absolute atomic E-state index is 13.0. The number of amides is 1. The largest absolute Gasteiger partial charge is 0.481 e. The van der Waals surface area contributed by atoms with Gasteiger partial charge >= 0.3 is 0 Å². The highest BCUT2D eigenvalue weighted by molar-refractivity contribution is 5.92. The van der Waals surface area contributed by atoms with Gasteiger partial charge in [0.1, 0.15) is 11.5 Å². The van der Waals surface area contributed by atoms with Crippen LogP contribution in [-0.4, -0.2) is 27.6 Å². The number of ether oxygens (including phenoxy) is 1. The van der Waals surface area contributed by atoms with Gasteiger partial charge in [-0.2, -0.15) is 0 Å². The Morgan fingerprint density at radius 1 is 1.29 bits per heavy atom. The minimum Gasteiger partial charge on any atom is -0.481 e. The lowest BCUT2D eigenvalue weighted by Crippen LogP contribution is -2.25. The van der Waals surface area contributed by atoms with Crippen LogP contribution in [0, 0.1) is 5.82 Å². The summed E-state index contributed by atoms with van der Waals surface area (Å²) in [7, 11) is 1.53. The van der Waals surface area contributed by atoms with Crippen LogP contribution in [0.5, 0.6) is 5.88 Å². The van der Waals surface area contributed by atoms with Crippen molar-refractivity contribution in [3.63, 3.8) is 0 Å². The molecule has 0 spiro atoms. The van der Waals surface area contributed by atoms with Crippen molar-refractivity contribution in [1.82, 2.24) is 19.9 Å².